The molecule has 4 rings (SSSR count). The standard InChI is InChI=1S/C19H18F3N5O/c1-10-5-13(8-23-7-10)15-6-11(2)27-17(25-15)14(9-24-27)18(28)26-16(12-3-4-12)19(20,21)22/h5-9,12,16H,3-4H2,1-2H3,(H,26,28)/t16-/m1/s1. The topological polar surface area (TPSA) is 72.2 Å². The molecule has 1 N–H and O–H groups in total. The van der Waals surface area contributed by atoms with Crippen LogP contribution in [0.2, 0.25) is 0 Å². The third kappa shape index (κ3) is 3.44. The molecule has 6 nitrogen and oxygen atoms in total. The molecule has 0 aliphatic heterocycles. The first-order valence-corrected chi connectivity index (χ1v) is 8.89. The first-order chi connectivity index (χ1) is 13.2. The zero-order chi connectivity index (χ0) is 20.1. The molecule has 1 aliphatic rings. The minimum absolute atomic E-state index is 0.0143. The van der Waals surface area contributed by atoms with E-state index >= 15 is 0 Å². The number of amides is 1. The van der Waals surface area contributed by atoms with Gasteiger partial charge in [0.1, 0.15) is 11.6 Å². The summed E-state index contributed by atoms with van der Waals surface area (Å²) in [7, 11) is 0. The van der Waals surface area contributed by atoms with Gasteiger partial charge in [-0.25, -0.2) is 9.50 Å². The second kappa shape index (κ2) is 6.57. The van der Waals surface area contributed by atoms with Crippen LogP contribution in [0.1, 0.15) is 34.5 Å². The Labute approximate surface area is 158 Å². The molecule has 1 fully saturated rings. The van der Waals surface area contributed by atoms with Gasteiger partial charge in [-0.3, -0.25) is 9.78 Å². The maximum Gasteiger partial charge on any atom is 0.408 e. The Balaban J connectivity index is 1.72. The summed E-state index contributed by atoms with van der Waals surface area (Å²) >= 11 is 0. The number of hydrogen-bond donors (Lipinski definition) is 1. The summed E-state index contributed by atoms with van der Waals surface area (Å²) in [5.41, 5.74) is 3.21. The molecule has 0 spiro atoms. The SMILES string of the molecule is Cc1cncc(-c2cc(C)n3ncc(C(=O)N[C@H](C4CC4)C(F)(F)F)c3n2)c1. The number of carbonyl (C=O) groups excluding carboxylic acids is 1. The number of pyridine rings is 1. The summed E-state index contributed by atoms with van der Waals surface area (Å²) < 4.78 is 41.2. The van der Waals surface area contributed by atoms with E-state index in [0.29, 0.717) is 24.2 Å². The number of alkyl halides is 3. The maximum absolute atomic E-state index is 13.3. The van der Waals surface area contributed by atoms with E-state index in [1.807, 2.05) is 13.0 Å². The van der Waals surface area contributed by atoms with E-state index in [1.54, 1.807) is 25.4 Å². The molecule has 9 heteroatoms. The average molecular weight is 389 g/mol. The van der Waals surface area contributed by atoms with Crippen molar-refractivity contribution in [1.29, 1.82) is 0 Å². The molecule has 1 amide bonds. The van der Waals surface area contributed by atoms with Crippen LogP contribution < -0.4 is 5.32 Å². The van der Waals surface area contributed by atoms with Crippen LogP contribution >= 0.6 is 0 Å². The lowest BCUT2D eigenvalue weighted by atomic mass is 10.1. The van der Waals surface area contributed by atoms with E-state index < -0.39 is 24.0 Å². The minimum Gasteiger partial charge on any atom is -0.340 e. The van der Waals surface area contributed by atoms with Crippen molar-refractivity contribution in [3.05, 3.63) is 47.5 Å². The highest BCUT2D eigenvalue weighted by molar-refractivity contribution is 6.00. The van der Waals surface area contributed by atoms with Crippen molar-refractivity contribution in [2.75, 3.05) is 0 Å². The third-order valence-electron chi connectivity index (χ3n) is 4.80. The summed E-state index contributed by atoms with van der Waals surface area (Å²) in [6.45, 7) is 3.69. The highest BCUT2D eigenvalue weighted by atomic mass is 19.4. The number of halogens is 3. The summed E-state index contributed by atoms with van der Waals surface area (Å²) in [4.78, 5) is 21.2. The van der Waals surface area contributed by atoms with Gasteiger partial charge in [0.15, 0.2) is 5.65 Å². The van der Waals surface area contributed by atoms with Crippen LogP contribution in [0.3, 0.4) is 0 Å². The molecule has 0 radical (unpaired) electrons. The molecular weight excluding hydrogens is 371 g/mol. The van der Waals surface area contributed by atoms with Crippen molar-refractivity contribution in [3.63, 3.8) is 0 Å². The quantitative estimate of drug-likeness (QED) is 0.742. The molecule has 0 unspecified atom stereocenters. The van der Waals surface area contributed by atoms with Gasteiger partial charge in [0.25, 0.3) is 5.91 Å². The molecule has 3 heterocycles. The van der Waals surface area contributed by atoms with Gasteiger partial charge >= 0.3 is 6.18 Å². The van der Waals surface area contributed by atoms with Crippen molar-refractivity contribution in [2.45, 2.75) is 38.9 Å². The van der Waals surface area contributed by atoms with Gasteiger partial charge in [0.05, 0.1) is 11.9 Å². The van der Waals surface area contributed by atoms with Crippen LogP contribution in [0.25, 0.3) is 16.9 Å². The maximum atomic E-state index is 13.3. The number of aryl methyl sites for hydroxylation is 2. The Bertz CT molecular complexity index is 1060. The highest BCUT2D eigenvalue weighted by Crippen LogP contribution is 2.40. The summed E-state index contributed by atoms with van der Waals surface area (Å²) in [6.07, 6.45) is 1.04. The number of fused-ring (bicyclic) bond motifs is 1. The lowest BCUT2D eigenvalue weighted by Gasteiger charge is -2.20. The largest absolute Gasteiger partial charge is 0.408 e. The lowest BCUT2D eigenvalue weighted by molar-refractivity contribution is -0.158. The number of carbonyl (C=O) groups is 1. The fourth-order valence-corrected chi connectivity index (χ4v) is 3.23. The average Bonchev–Trinajstić information content (AvgIpc) is 3.36. The molecule has 0 bridgehead atoms. The zero-order valence-corrected chi connectivity index (χ0v) is 15.3. The Kier molecular flexibility index (Phi) is 4.32. The van der Waals surface area contributed by atoms with Gasteiger partial charge in [0, 0.05) is 23.7 Å². The van der Waals surface area contributed by atoms with E-state index in [-0.39, 0.29) is 11.2 Å². The predicted molar refractivity (Wildman–Crippen MR) is 95.7 cm³/mol. The fraction of sp³-hybridized carbons (Fsp3) is 0.368. The monoisotopic (exact) mass is 389 g/mol. The molecule has 146 valence electrons. The predicted octanol–water partition coefficient (Wildman–Crippen LogP) is 3.48. The van der Waals surface area contributed by atoms with Crippen LogP contribution in [0, 0.1) is 19.8 Å². The summed E-state index contributed by atoms with van der Waals surface area (Å²) in [6, 6.07) is 1.84. The summed E-state index contributed by atoms with van der Waals surface area (Å²) in [5.74, 6) is -1.38. The van der Waals surface area contributed by atoms with Gasteiger partial charge in [-0.2, -0.15) is 18.3 Å². The molecule has 0 saturated heterocycles. The van der Waals surface area contributed by atoms with Crippen molar-refractivity contribution in [3.8, 4) is 11.3 Å². The molecule has 3 aromatic rings. The van der Waals surface area contributed by atoms with Gasteiger partial charge in [-0.05, 0) is 50.3 Å². The van der Waals surface area contributed by atoms with Gasteiger partial charge < -0.3 is 5.32 Å². The Morgan fingerprint density at radius 1 is 1.21 bits per heavy atom. The highest BCUT2D eigenvalue weighted by Gasteiger charge is 2.49. The molecule has 0 aromatic carbocycles. The first kappa shape index (κ1) is 18.4. The molecule has 3 aromatic heterocycles. The molecule has 1 aliphatic carbocycles. The molecule has 1 saturated carbocycles. The lowest BCUT2D eigenvalue weighted by Crippen LogP contribution is -2.46. The smallest absolute Gasteiger partial charge is 0.340 e. The van der Waals surface area contributed by atoms with E-state index in [1.165, 1.54) is 10.7 Å². The molecular formula is C19H18F3N5O. The Morgan fingerprint density at radius 2 is 1.96 bits per heavy atom. The van der Waals surface area contributed by atoms with E-state index in [4.69, 9.17) is 0 Å². The first-order valence-electron chi connectivity index (χ1n) is 8.89. The van der Waals surface area contributed by atoms with Crippen LogP contribution in [0.5, 0.6) is 0 Å². The third-order valence-corrected chi connectivity index (χ3v) is 4.80. The van der Waals surface area contributed by atoms with Crippen LogP contribution in [-0.2, 0) is 0 Å². The number of nitrogens with zero attached hydrogens (tertiary/aromatic N) is 4. The zero-order valence-electron chi connectivity index (χ0n) is 15.3. The second-order valence-corrected chi connectivity index (χ2v) is 7.16. The van der Waals surface area contributed by atoms with Crippen LogP contribution in [0.4, 0.5) is 13.2 Å². The minimum atomic E-state index is -4.48. The Hall–Kier alpha value is -2.97. The second-order valence-electron chi connectivity index (χ2n) is 7.16. The Morgan fingerprint density at radius 3 is 2.61 bits per heavy atom. The number of aromatic nitrogens is 4. The van der Waals surface area contributed by atoms with E-state index in [0.717, 1.165) is 11.1 Å². The van der Waals surface area contributed by atoms with Crippen LogP contribution in [-0.4, -0.2) is 37.7 Å². The van der Waals surface area contributed by atoms with Crippen molar-refractivity contribution in [2.24, 2.45) is 5.92 Å². The van der Waals surface area contributed by atoms with Crippen LogP contribution in [0.15, 0.2) is 30.7 Å². The van der Waals surface area contributed by atoms with E-state index in [2.05, 4.69) is 20.4 Å². The number of nitrogens with one attached hydrogen (secondary N) is 1. The van der Waals surface area contributed by atoms with Crippen molar-refractivity contribution >= 4 is 11.6 Å². The summed E-state index contributed by atoms with van der Waals surface area (Å²) in [5, 5.41) is 6.25. The van der Waals surface area contributed by atoms with Gasteiger partial charge in [-0.15, -0.1) is 0 Å². The van der Waals surface area contributed by atoms with Gasteiger partial charge in [-0.1, -0.05) is 0 Å². The van der Waals surface area contributed by atoms with Crippen molar-refractivity contribution < 1.29 is 18.0 Å². The van der Waals surface area contributed by atoms with E-state index in [9.17, 15) is 18.0 Å². The molecule has 1 atom stereocenters. The number of hydrogen-bond acceptors (Lipinski definition) is 4. The normalized spacial score (nSPS) is 15.6. The fourth-order valence-electron chi connectivity index (χ4n) is 3.23. The van der Waals surface area contributed by atoms with Crippen molar-refractivity contribution in [1.82, 2.24) is 24.9 Å². The van der Waals surface area contributed by atoms with Gasteiger partial charge in [0.2, 0.25) is 0 Å². The molecule has 28 heavy (non-hydrogen) atoms. The number of rotatable bonds is 4.